The molecule has 0 aliphatic carbocycles. The van der Waals surface area contributed by atoms with Crippen molar-refractivity contribution in [2.45, 2.75) is 12.5 Å². The fourth-order valence-corrected chi connectivity index (χ4v) is 2.42. The summed E-state index contributed by atoms with van der Waals surface area (Å²) in [5, 5.41) is 22.5. The molecule has 2 aromatic carbocycles. The number of nitrogens with one attached hydrogen (secondary N) is 1. The van der Waals surface area contributed by atoms with E-state index in [1.54, 1.807) is 12.1 Å². The number of carbonyl (C=O) groups is 2. The predicted octanol–water partition coefficient (Wildman–Crippen LogP) is 2.63. The number of hydrogen-bond donors (Lipinski definition) is 2. The van der Waals surface area contributed by atoms with Gasteiger partial charge in [-0.3, -0.25) is 14.9 Å². The van der Waals surface area contributed by atoms with Gasteiger partial charge >= 0.3 is 5.97 Å². The second kappa shape index (κ2) is 7.86. The average molecular weight is 440 g/mol. The highest BCUT2D eigenvalue weighted by Crippen LogP contribution is 2.14. The Morgan fingerprint density at radius 2 is 1.88 bits per heavy atom. The Labute approximate surface area is 151 Å². The SMILES string of the molecule is O=C(N[C@H](Cc1ccc(I)cc1)C(=O)O)c1cccc([N+](=O)[O-])c1. The molecule has 1 atom stereocenters. The van der Waals surface area contributed by atoms with Gasteiger partial charge in [0.2, 0.25) is 0 Å². The zero-order valence-corrected chi connectivity index (χ0v) is 14.5. The Hall–Kier alpha value is -2.49. The maximum Gasteiger partial charge on any atom is 0.326 e. The van der Waals surface area contributed by atoms with Gasteiger partial charge in [-0.1, -0.05) is 18.2 Å². The topological polar surface area (TPSA) is 110 Å². The van der Waals surface area contributed by atoms with Crippen LogP contribution in [0, 0.1) is 13.7 Å². The predicted molar refractivity (Wildman–Crippen MR) is 94.8 cm³/mol. The van der Waals surface area contributed by atoms with Gasteiger partial charge in [-0.15, -0.1) is 0 Å². The van der Waals surface area contributed by atoms with Crippen LogP contribution < -0.4 is 5.32 Å². The van der Waals surface area contributed by atoms with Gasteiger partial charge < -0.3 is 10.4 Å². The van der Waals surface area contributed by atoms with Crippen LogP contribution in [-0.2, 0) is 11.2 Å². The molecule has 2 rings (SSSR count). The number of aliphatic carboxylic acids is 1. The minimum absolute atomic E-state index is 0.0399. The normalized spacial score (nSPS) is 11.5. The van der Waals surface area contributed by atoms with Crippen LogP contribution in [0.1, 0.15) is 15.9 Å². The van der Waals surface area contributed by atoms with E-state index in [-0.39, 0.29) is 17.7 Å². The maximum absolute atomic E-state index is 12.2. The molecule has 0 radical (unpaired) electrons. The Morgan fingerprint density at radius 1 is 1.21 bits per heavy atom. The first-order chi connectivity index (χ1) is 11.4. The summed E-state index contributed by atoms with van der Waals surface area (Å²) in [6.45, 7) is 0. The monoisotopic (exact) mass is 440 g/mol. The fraction of sp³-hybridized carbons (Fsp3) is 0.125. The van der Waals surface area contributed by atoms with Gasteiger partial charge in [0.05, 0.1) is 4.92 Å². The number of nitro benzene ring substituents is 1. The molecule has 0 saturated carbocycles. The van der Waals surface area contributed by atoms with Crippen molar-refractivity contribution in [2.24, 2.45) is 0 Å². The Balaban J connectivity index is 2.13. The number of amides is 1. The van der Waals surface area contributed by atoms with Gasteiger partial charge in [0.15, 0.2) is 0 Å². The lowest BCUT2D eigenvalue weighted by Gasteiger charge is -2.14. The molecule has 0 aliphatic rings. The summed E-state index contributed by atoms with van der Waals surface area (Å²) in [4.78, 5) is 33.7. The highest BCUT2D eigenvalue weighted by atomic mass is 127. The first kappa shape index (κ1) is 17.9. The third-order valence-corrected chi connectivity index (χ3v) is 3.99. The van der Waals surface area contributed by atoms with Crippen molar-refractivity contribution in [2.75, 3.05) is 0 Å². The van der Waals surface area contributed by atoms with Crippen LogP contribution in [0.4, 0.5) is 5.69 Å². The Kier molecular flexibility index (Phi) is 5.85. The summed E-state index contributed by atoms with van der Waals surface area (Å²) < 4.78 is 1.02. The van der Waals surface area contributed by atoms with Crippen LogP contribution in [0.15, 0.2) is 48.5 Å². The van der Waals surface area contributed by atoms with E-state index < -0.39 is 22.8 Å². The molecule has 0 aromatic heterocycles. The largest absolute Gasteiger partial charge is 0.480 e. The number of carbonyl (C=O) groups excluding carboxylic acids is 1. The van der Waals surface area contributed by atoms with Crippen LogP contribution in [0.3, 0.4) is 0 Å². The molecular weight excluding hydrogens is 427 g/mol. The molecule has 0 bridgehead atoms. The van der Waals surface area contributed by atoms with Crippen molar-refractivity contribution in [1.29, 1.82) is 0 Å². The van der Waals surface area contributed by atoms with E-state index in [4.69, 9.17) is 0 Å². The minimum Gasteiger partial charge on any atom is -0.480 e. The number of non-ortho nitro benzene ring substituents is 1. The van der Waals surface area contributed by atoms with E-state index in [1.807, 2.05) is 12.1 Å². The zero-order chi connectivity index (χ0) is 17.7. The number of hydrogen-bond acceptors (Lipinski definition) is 4. The first-order valence-corrected chi connectivity index (χ1v) is 7.97. The highest BCUT2D eigenvalue weighted by Gasteiger charge is 2.22. The van der Waals surface area contributed by atoms with Crippen molar-refractivity contribution in [3.05, 3.63) is 73.3 Å². The number of nitro groups is 1. The number of benzene rings is 2. The first-order valence-electron chi connectivity index (χ1n) is 6.89. The van der Waals surface area contributed by atoms with Crippen LogP contribution in [-0.4, -0.2) is 27.9 Å². The summed E-state index contributed by atoms with van der Waals surface area (Å²) >= 11 is 2.14. The molecule has 0 heterocycles. The molecule has 0 unspecified atom stereocenters. The lowest BCUT2D eigenvalue weighted by atomic mass is 10.1. The third-order valence-electron chi connectivity index (χ3n) is 3.28. The molecule has 8 heteroatoms. The summed E-state index contributed by atoms with van der Waals surface area (Å²) in [6.07, 6.45) is 0.118. The third kappa shape index (κ3) is 4.75. The standard InChI is InChI=1S/C16H13IN2O5/c17-12-6-4-10(5-7-12)8-14(16(21)22)18-15(20)11-2-1-3-13(9-11)19(23)24/h1-7,9,14H,8H2,(H,18,20)(H,21,22)/t14-/m1/s1. The molecule has 2 N–H and O–H groups in total. The van der Waals surface area contributed by atoms with Crippen LogP contribution in [0.2, 0.25) is 0 Å². The number of rotatable bonds is 6. The Morgan fingerprint density at radius 3 is 2.46 bits per heavy atom. The van der Waals surface area contributed by atoms with E-state index in [9.17, 15) is 24.8 Å². The summed E-state index contributed by atoms with van der Waals surface area (Å²) in [5.41, 5.74) is 0.576. The second-order valence-corrected chi connectivity index (χ2v) is 6.25. The molecule has 1 amide bonds. The van der Waals surface area contributed by atoms with Gasteiger partial charge in [-0.2, -0.15) is 0 Å². The quantitative estimate of drug-likeness (QED) is 0.408. The van der Waals surface area contributed by atoms with Crippen LogP contribution in [0.25, 0.3) is 0 Å². The average Bonchev–Trinajstić information content (AvgIpc) is 2.56. The molecular formula is C16H13IN2O5. The van der Waals surface area contributed by atoms with Gasteiger partial charge in [-0.25, -0.2) is 4.79 Å². The lowest BCUT2D eigenvalue weighted by molar-refractivity contribution is -0.384. The molecule has 124 valence electrons. The zero-order valence-electron chi connectivity index (χ0n) is 12.3. The van der Waals surface area contributed by atoms with Gasteiger partial charge in [-0.05, 0) is 46.4 Å². The smallest absolute Gasteiger partial charge is 0.326 e. The second-order valence-electron chi connectivity index (χ2n) is 5.00. The maximum atomic E-state index is 12.2. The molecule has 7 nitrogen and oxygen atoms in total. The summed E-state index contributed by atoms with van der Waals surface area (Å²) in [7, 11) is 0. The van der Waals surface area contributed by atoms with E-state index in [0.29, 0.717) is 0 Å². The van der Waals surface area contributed by atoms with E-state index in [1.165, 1.54) is 18.2 Å². The van der Waals surface area contributed by atoms with Gasteiger partial charge in [0.1, 0.15) is 6.04 Å². The van der Waals surface area contributed by atoms with Crippen molar-refractivity contribution in [1.82, 2.24) is 5.32 Å². The van der Waals surface area contributed by atoms with Crippen molar-refractivity contribution < 1.29 is 19.6 Å². The van der Waals surface area contributed by atoms with Crippen molar-refractivity contribution in [3.8, 4) is 0 Å². The molecule has 2 aromatic rings. The number of carboxylic acids is 1. The molecule has 24 heavy (non-hydrogen) atoms. The van der Waals surface area contributed by atoms with Crippen LogP contribution in [0.5, 0.6) is 0 Å². The van der Waals surface area contributed by atoms with E-state index in [2.05, 4.69) is 27.9 Å². The van der Waals surface area contributed by atoms with Gasteiger partial charge in [0.25, 0.3) is 11.6 Å². The molecule has 0 fully saturated rings. The van der Waals surface area contributed by atoms with E-state index >= 15 is 0 Å². The Bertz CT molecular complexity index is 776. The number of carboxylic acid groups (broad SMARTS) is 1. The highest BCUT2D eigenvalue weighted by molar-refractivity contribution is 14.1. The van der Waals surface area contributed by atoms with Crippen molar-refractivity contribution >= 4 is 40.2 Å². The lowest BCUT2D eigenvalue weighted by Crippen LogP contribution is -2.42. The number of halogens is 1. The number of nitrogens with zero attached hydrogens (tertiary/aromatic N) is 1. The van der Waals surface area contributed by atoms with Crippen molar-refractivity contribution in [3.63, 3.8) is 0 Å². The van der Waals surface area contributed by atoms with Crippen LogP contribution >= 0.6 is 22.6 Å². The van der Waals surface area contributed by atoms with Gasteiger partial charge in [0, 0.05) is 27.7 Å². The molecule has 0 aliphatic heterocycles. The summed E-state index contributed by atoms with van der Waals surface area (Å²) in [5.74, 6) is -1.84. The molecule has 0 spiro atoms. The minimum atomic E-state index is -1.17. The molecule has 0 saturated heterocycles. The summed E-state index contributed by atoms with van der Waals surface area (Å²) in [6, 6.07) is 11.3. The van der Waals surface area contributed by atoms with E-state index in [0.717, 1.165) is 15.2 Å². The fourth-order valence-electron chi connectivity index (χ4n) is 2.06.